The molecule has 0 amide bonds. The number of nitriles is 1. The summed E-state index contributed by atoms with van der Waals surface area (Å²) in [5.41, 5.74) is 0.965. The molecule has 0 aromatic heterocycles. The van der Waals surface area contributed by atoms with E-state index in [1.54, 1.807) is 6.92 Å². The lowest BCUT2D eigenvalue weighted by atomic mass is 10.1. The van der Waals surface area contributed by atoms with Crippen molar-refractivity contribution < 1.29 is 9.53 Å². The van der Waals surface area contributed by atoms with Crippen LogP contribution in [0.1, 0.15) is 38.3 Å². The predicted octanol–water partition coefficient (Wildman–Crippen LogP) is 2.92. The Hall–Kier alpha value is -1.86. The molecule has 0 radical (unpaired) electrons. The number of carbonyl (C=O) groups is 1. The summed E-state index contributed by atoms with van der Waals surface area (Å²) in [7, 11) is 0. The molecule has 4 heteroatoms. The number of benzene rings is 1. The van der Waals surface area contributed by atoms with E-state index in [9.17, 15) is 10.1 Å². The van der Waals surface area contributed by atoms with Gasteiger partial charge in [-0.3, -0.25) is 9.69 Å². The number of hydrogen-bond donors (Lipinski definition) is 0. The van der Waals surface area contributed by atoms with E-state index in [-0.39, 0.29) is 12.0 Å². The molecule has 4 nitrogen and oxygen atoms in total. The van der Waals surface area contributed by atoms with Crippen molar-refractivity contribution in [1.29, 1.82) is 5.26 Å². The molecule has 1 aromatic carbocycles. The Morgan fingerprint density at radius 1 is 1.30 bits per heavy atom. The van der Waals surface area contributed by atoms with Crippen LogP contribution in [0.5, 0.6) is 0 Å². The van der Waals surface area contributed by atoms with Crippen LogP contribution in [0.2, 0.25) is 0 Å². The van der Waals surface area contributed by atoms with Crippen molar-refractivity contribution in [2.75, 3.05) is 19.7 Å². The maximum atomic E-state index is 11.5. The molecule has 1 atom stereocenters. The summed E-state index contributed by atoms with van der Waals surface area (Å²) in [6.45, 7) is 5.58. The van der Waals surface area contributed by atoms with Gasteiger partial charge in [0.1, 0.15) is 6.04 Å². The third-order valence-electron chi connectivity index (χ3n) is 3.02. The maximum absolute atomic E-state index is 11.5. The predicted molar refractivity (Wildman–Crippen MR) is 77.9 cm³/mol. The van der Waals surface area contributed by atoms with Crippen molar-refractivity contribution in [2.45, 2.75) is 32.7 Å². The zero-order chi connectivity index (χ0) is 14.8. The average Bonchev–Trinajstić information content (AvgIpc) is 2.47. The highest BCUT2D eigenvalue weighted by Crippen LogP contribution is 2.20. The van der Waals surface area contributed by atoms with Crippen LogP contribution in [0.25, 0.3) is 0 Å². The summed E-state index contributed by atoms with van der Waals surface area (Å²) in [6, 6.07) is 11.7. The van der Waals surface area contributed by atoms with Crippen LogP contribution in [0.4, 0.5) is 0 Å². The van der Waals surface area contributed by atoms with E-state index in [1.807, 2.05) is 35.2 Å². The molecule has 20 heavy (non-hydrogen) atoms. The van der Waals surface area contributed by atoms with Crippen LogP contribution < -0.4 is 0 Å². The molecule has 0 aliphatic heterocycles. The summed E-state index contributed by atoms with van der Waals surface area (Å²) in [4.78, 5) is 13.5. The number of nitrogens with zero attached hydrogens (tertiary/aromatic N) is 2. The minimum atomic E-state index is -0.314. The van der Waals surface area contributed by atoms with Crippen molar-refractivity contribution in [3.05, 3.63) is 35.9 Å². The first kappa shape index (κ1) is 16.2. The smallest absolute Gasteiger partial charge is 0.307 e. The van der Waals surface area contributed by atoms with Gasteiger partial charge in [0.15, 0.2) is 0 Å². The molecular weight excluding hydrogens is 252 g/mol. The van der Waals surface area contributed by atoms with Gasteiger partial charge in [-0.2, -0.15) is 5.26 Å². The Morgan fingerprint density at radius 3 is 2.55 bits per heavy atom. The minimum absolute atomic E-state index is 0.210. The normalized spacial score (nSPS) is 11.9. The lowest BCUT2D eigenvalue weighted by molar-refractivity contribution is -0.143. The summed E-state index contributed by atoms with van der Waals surface area (Å²) in [6.07, 6.45) is 1.26. The molecule has 1 aromatic rings. The quantitative estimate of drug-likeness (QED) is 0.684. The van der Waals surface area contributed by atoms with Crippen molar-refractivity contribution in [1.82, 2.24) is 4.90 Å². The van der Waals surface area contributed by atoms with Crippen LogP contribution in [0.3, 0.4) is 0 Å². The van der Waals surface area contributed by atoms with E-state index in [2.05, 4.69) is 13.0 Å². The molecule has 0 aliphatic carbocycles. The molecule has 0 N–H and O–H groups in total. The second-order valence-electron chi connectivity index (χ2n) is 4.53. The monoisotopic (exact) mass is 274 g/mol. The Balaban J connectivity index is 2.72. The van der Waals surface area contributed by atoms with Gasteiger partial charge in [-0.05, 0) is 25.5 Å². The van der Waals surface area contributed by atoms with Gasteiger partial charge >= 0.3 is 5.97 Å². The summed E-state index contributed by atoms with van der Waals surface area (Å²) in [5, 5.41) is 9.44. The highest BCUT2D eigenvalue weighted by atomic mass is 16.5. The van der Waals surface area contributed by atoms with Gasteiger partial charge in [0.05, 0.1) is 19.1 Å². The van der Waals surface area contributed by atoms with E-state index in [4.69, 9.17) is 4.74 Å². The molecule has 0 saturated heterocycles. The molecule has 1 rings (SSSR count). The molecule has 0 saturated carbocycles. The molecule has 108 valence electrons. The number of rotatable bonds is 8. The number of carbonyl (C=O) groups excluding carboxylic acids is 1. The summed E-state index contributed by atoms with van der Waals surface area (Å²) < 4.78 is 4.94. The standard InChI is InChI=1S/C16H22N2O2/c1-3-11-18(12-10-16(19)20-4-2)15(13-17)14-8-6-5-7-9-14/h5-9,15H,3-4,10-12H2,1-2H3. The van der Waals surface area contributed by atoms with Gasteiger partial charge in [-0.1, -0.05) is 37.3 Å². The molecular formula is C16H22N2O2. The Morgan fingerprint density at radius 2 is 2.00 bits per heavy atom. The Labute approximate surface area is 121 Å². The van der Waals surface area contributed by atoms with Crippen LogP contribution in [-0.4, -0.2) is 30.6 Å². The minimum Gasteiger partial charge on any atom is -0.466 e. The zero-order valence-corrected chi connectivity index (χ0v) is 12.2. The fraction of sp³-hybridized carbons (Fsp3) is 0.500. The van der Waals surface area contributed by atoms with E-state index < -0.39 is 0 Å². The topological polar surface area (TPSA) is 53.3 Å². The average molecular weight is 274 g/mol. The number of ether oxygens (including phenoxy) is 1. The zero-order valence-electron chi connectivity index (χ0n) is 12.2. The Kier molecular flexibility index (Phi) is 7.38. The Bertz CT molecular complexity index is 440. The van der Waals surface area contributed by atoms with Crippen LogP contribution in [0, 0.1) is 11.3 Å². The molecule has 0 heterocycles. The van der Waals surface area contributed by atoms with Gasteiger partial charge < -0.3 is 4.74 Å². The number of hydrogen-bond acceptors (Lipinski definition) is 4. The van der Waals surface area contributed by atoms with Crippen molar-refractivity contribution in [3.8, 4) is 6.07 Å². The first-order valence-electron chi connectivity index (χ1n) is 7.07. The summed E-state index contributed by atoms with van der Waals surface area (Å²) >= 11 is 0. The van der Waals surface area contributed by atoms with Gasteiger partial charge in [0, 0.05) is 6.54 Å². The second kappa shape index (κ2) is 9.11. The van der Waals surface area contributed by atoms with Crippen LogP contribution in [0.15, 0.2) is 30.3 Å². The second-order valence-corrected chi connectivity index (χ2v) is 4.53. The van der Waals surface area contributed by atoms with E-state index in [1.165, 1.54) is 0 Å². The molecule has 0 fully saturated rings. The first-order valence-corrected chi connectivity index (χ1v) is 7.07. The summed E-state index contributed by atoms with van der Waals surface area (Å²) in [5.74, 6) is -0.210. The van der Waals surface area contributed by atoms with E-state index in [0.717, 1.165) is 18.5 Å². The molecule has 0 spiro atoms. The molecule has 0 aliphatic rings. The van der Waals surface area contributed by atoms with Crippen molar-refractivity contribution in [3.63, 3.8) is 0 Å². The first-order chi connectivity index (χ1) is 9.72. The highest BCUT2D eigenvalue weighted by Gasteiger charge is 2.20. The maximum Gasteiger partial charge on any atom is 0.307 e. The van der Waals surface area contributed by atoms with Gasteiger partial charge in [-0.15, -0.1) is 0 Å². The lowest BCUT2D eigenvalue weighted by Crippen LogP contribution is -2.31. The van der Waals surface area contributed by atoms with Gasteiger partial charge in [-0.25, -0.2) is 0 Å². The van der Waals surface area contributed by atoms with Crippen molar-refractivity contribution >= 4 is 5.97 Å². The fourth-order valence-corrected chi connectivity index (χ4v) is 2.13. The van der Waals surface area contributed by atoms with Crippen molar-refractivity contribution in [2.24, 2.45) is 0 Å². The van der Waals surface area contributed by atoms with Gasteiger partial charge in [0.2, 0.25) is 0 Å². The third-order valence-corrected chi connectivity index (χ3v) is 3.02. The van der Waals surface area contributed by atoms with E-state index in [0.29, 0.717) is 19.6 Å². The number of esters is 1. The SMILES string of the molecule is CCCN(CCC(=O)OCC)C(C#N)c1ccccc1. The third kappa shape index (κ3) is 5.02. The van der Waals surface area contributed by atoms with Crippen LogP contribution in [-0.2, 0) is 9.53 Å². The lowest BCUT2D eigenvalue weighted by Gasteiger charge is -2.26. The fourth-order valence-electron chi connectivity index (χ4n) is 2.13. The van der Waals surface area contributed by atoms with Gasteiger partial charge in [0.25, 0.3) is 0 Å². The molecule has 1 unspecified atom stereocenters. The largest absolute Gasteiger partial charge is 0.466 e. The molecule has 0 bridgehead atoms. The van der Waals surface area contributed by atoms with E-state index >= 15 is 0 Å². The van der Waals surface area contributed by atoms with Crippen LogP contribution >= 0.6 is 0 Å². The highest BCUT2D eigenvalue weighted by molar-refractivity contribution is 5.69.